The molecule has 2 aromatic rings. The van der Waals surface area contributed by atoms with Gasteiger partial charge in [-0.1, -0.05) is 47.5 Å². The third kappa shape index (κ3) is 2.56. The monoisotopic (exact) mass is 264 g/mol. The van der Waals surface area contributed by atoms with E-state index in [1.165, 1.54) is 12.1 Å². The summed E-state index contributed by atoms with van der Waals surface area (Å²) < 4.78 is 13.6. The fraction of sp³-hybridized carbons (Fsp3) is 0.0769. The predicted molar refractivity (Wildman–Crippen MR) is 71.4 cm³/mol. The normalized spacial score (nSPS) is 10.5. The second-order valence-corrected chi connectivity index (χ2v) is 4.51. The van der Waals surface area contributed by atoms with Crippen LogP contribution >= 0.6 is 11.6 Å². The van der Waals surface area contributed by atoms with Crippen molar-refractivity contribution in [3.8, 4) is 11.1 Å². The van der Waals surface area contributed by atoms with Gasteiger partial charge in [0.2, 0.25) is 0 Å². The molecule has 2 nitrogen and oxygen atoms in total. The molecule has 2 aromatic carbocycles. The first-order valence-electron chi connectivity index (χ1n) is 5.41. The zero-order chi connectivity index (χ0) is 13.3. The summed E-state index contributed by atoms with van der Waals surface area (Å²) >= 11 is 5.75. The molecule has 0 heterocycles. The first-order chi connectivity index (χ1) is 8.49. The van der Waals surface area contributed by atoms with Crippen molar-refractivity contribution in [1.82, 2.24) is 0 Å². The standard InChI is InChI=1S/C13H11BClFO2/c1-8-2-4-9(5-3-8)10-6-11(14(17)18)13(16)12(15)7-10/h2-7,17-18H,1H3. The topological polar surface area (TPSA) is 40.5 Å². The minimum atomic E-state index is -1.88. The average molecular weight is 264 g/mol. The Kier molecular flexibility index (Phi) is 3.71. The lowest BCUT2D eigenvalue weighted by Crippen LogP contribution is -2.33. The van der Waals surface area contributed by atoms with Crippen molar-refractivity contribution in [2.75, 3.05) is 0 Å². The fourth-order valence-electron chi connectivity index (χ4n) is 1.71. The van der Waals surface area contributed by atoms with Crippen molar-refractivity contribution in [3.63, 3.8) is 0 Å². The molecule has 0 spiro atoms. The molecule has 2 N–H and O–H groups in total. The highest BCUT2D eigenvalue weighted by Gasteiger charge is 2.20. The first kappa shape index (κ1) is 13.1. The molecular weight excluding hydrogens is 253 g/mol. The summed E-state index contributed by atoms with van der Waals surface area (Å²) in [5.41, 5.74) is 2.36. The average Bonchev–Trinajstić information content (AvgIpc) is 2.33. The summed E-state index contributed by atoms with van der Waals surface area (Å²) in [4.78, 5) is 0. The van der Waals surface area contributed by atoms with Crippen LogP contribution < -0.4 is 5.46 Å². The molecule has 0 aromatic heterocycles. The summed E-state index contributed by atoms with van der Waals surface area (Å²) in [5, 5.41) is 18.1. The summed E-state index contributed by atoms with van der Waals surface area (Å²) in [6.07, 6.45) is 0. The van der Waals surface area contributed by atoms with Crippen LogP contribution in [0.25, 0.3) is 11.1 Å². The second kappa shape index (κ2) is 5.10. The van der Waals surface area contributed by atoms with E-state index in [1.807, 2.05) is 31.2 Å². The molecule has 0 aliphatic heterocycles. The molecule has 92 valence electrons. The van der Waals surface area contributed by atoms with Crippen LogP contribution in [0.3, 0.4) is 0 Å². The Balaban J connectivity index is 2.55. The van der Waals surface area contributed by atoms with Crippen LogP contribution in [0.15, 0.2) is 36.4 Å². The van der Waals surface area contributed by atoms with E-state index in [2.05, 4.69) is 0 Å². The van der Waals surface area contributed by atoms with Crippen LogP contribution in [0.2, 0.25) is 5.02 Å². The molecule has 0 aliphatic carbocycles. The van der Waals surface area contributed by atoms with Crippen molar-refractivity contribution in [2.45, 2.75) is 6.92 Å². The summed E-state index contributed by atoms with van der Waals surface area (Å²) in [7, 11) is -1.88. The molecule has 0 radical (unpaired) electrons. The maximum absolute atomic E-state index is 13.6. The van der Waals surface area contributed by atoms with Crippen molar-refractivity contribution >= 4 is 24.2 Å². The third-order valence-corrected chi connectivity index (χ3v) is 2.99. The van der Waals surface area contributed by atoms with Gasteiger partial charge in [0.15, 0.2) is 0 Å². The maximum atomic E-state index is 13.6. The van der Waals surface area contributed by atoms with Crippen LogP contribution in [0.1, 0.15) is 5.56 Å². The first-order valence-corrected chi connectivity index (χ1v) is 5.79. The van der Waals surface area contributed by atoms with Gasteiger partial charge in [0.25, 0.3) is 0 Å². The van der Waals surface area contributed by atoms with Gasteiger partial charge in [0.05, 0.1) is 5.02 Å². The molecule has 2 rings (SSSR count). The second-order valence-electron chi connectivity index (χ2n) is 4.10. The van der Waals surface area contributed by atoms with Crippen LogP contribution in [-0.2, 0) is 0 Å². The van der Waals surface area contributed by atoms with Gasteiger partial charge in [-0.05, 0) is 24.1 Å². The molecular formula is C13H11BClFO2. The van der Waals surface area contributed by atoms with Crippen LogP contribution in [0, 0.1) is 12.7 Å². The lowest BCUT2D eigenvalue weighted by atomic mass is 9.78. The van der Waals surface area contributed by atoms with Gasteiger partial charge in [-0.3, -0.25) is 0 Å². The van der Waals surface area contributed by atoms with E-state index < -0.39 is 12.9 Å². The third-order valence-electron chi connectivity index (χ3n) is 2.72. The minimum Gasteiger partial charge on any atom is -0.423 e. The predicted octanol–water partition coefficient (Wildman–Crippen LogP) is 2.13. The lowest BCUT2D eigenvalue weighted by molar-refractivity contribution is 0.423. The van der Waals surface area contributed by atoms with E-state index in [1.54, 1.807) is 0 Å². The van der Waals surface area contributed by atoms with Gasteiger partial charge >= 0.3 is 7.12 Å². The number of rotatable bonds is 2. The van der Waals surface area contributed by atoms with Crippen LogP contribution in [0.4, 0.5) is 4.39 Å². The maximum Gasteiger partial charge on any atom is 0.491 e. The number of halogens is 2. The Hall–Kier alpha value is -1.36. The molecule has 5 heteroatoms. The van der Waals surface area contributed by atoms with Gasteiger partial charge in [0, 0.05) is 5.46 Å². The summed E-state index contributed by atoms with van der Waals surface area (Å²) in [6.45, 7) is 1.96. The number of hydrogen-bond acceptors (Lipinski definition) is 2. The molecule has 0 saturated heterocycles. The van der Waals surface area contributed by atoms with Gasteiger partial charge in [-0.15, -0.1) is 0 Å². The molecule has 0 amide bonds. The highest BCUT2D eigenvalue weighted by Crippen LogP contribution is 2.24. The van der Waals surface area contributed by atoms with Crippen LogP contribution in [0.5, 0.6) is 0 Å². The molecule has 0 unspecified atom stereocenters. The number of aryl methyl sites for hydroxylation is 1. The minimum absolute atomic E-state index is 0.129. The van der Waals surface area contributed by atoms with E-state index in [0.29, 0.717) is 5.56 Å². The van der Waals surface area contributed by atoms with Gasteiger partial charge < -0.3 is 10.0 Å². The van der Waals surface area contributed by atoms with Crippen molar-refractivity contribution in [3.05, 3.63) is 52.8 Å². The van der Waals surface area contributed by atoms with Crippen LogP contribution in [-0.4, -0.2) is 17.2 Å². The largest absolute Gasteiger partial charge is 0.491 e. The van der Waals surface area contributed by atoms with E-state index in [-0.39, 0.29) is 10.5 Å². The Morgan fingerprint density at radius 3 is 2.22 bits per heavy atom. The Morgan fingerprint density at radius 1 is 1.06 bits per heavy atom. The quantitative estimate of drug-likeness (QED) is 0.816. The Morgan fingerprint density at radius 2 is 1.67 bits per heavy atom. The van der Waals surface area contributed by atoms with Gasteiger partial charge in [0.1, 0.15) is 5.82 Å². The molecule has 0 atom stereocenters. The molecule has 0 aliphatic rings. The van der Waals surface area contributed by atoms with E-state index >= 15 is 0 Å². The van der Waals surface area contributed by atoms with E-state index in [9.17, 15) is 4.39 Å². The molecule has 0 fully saturated rings. The van der Waals surface area contributed by atoms with Crippen molar-refractivity contribution < 1.29 is 14.4 Å². The number of hydrogen-bond donors (Lipinski definition) is 2. The smallest absolute Gasteiger partial charge is 0.423 e. The summed E-state index contributed by atoms with van der Waals surface area (Å²) in [5.74, 6) is -0.803. The highest BCUT2D eigenvalue weighted by molar-refractivity contribution is 6.59. The van der Waals surface area contributed by atoms with E-state index in [0.717, 1.165) is 11.1 Å². The fourth-order valence-corrected chi connectivity index (χ4v) is 1.94. The number of benzene rings is 2. The van der Waals surface area contributed by atoms with Gasteiger partial charge in [-0.2, -0.15) is 0 Å². The van der Waals surface area contributed by atoms with Crippen molar-refractivity contribution in [1.29, 1.82) is 0 Å². The Bertz CT molecular complexity index is 570. The molecule has 0 saturated carbocycles. The molecule has 18 heavy (non-hydrogen) atoms. The van der Waals surface area contributed by atoms with Crippen molar-refractivity contribution in [2.24, 2.45) is 0 Å². The molecule has 0 bridgehead atoms. The Labute approximate surface area is 110 Å². The van der Waals surface area contributed by atoms with Gasteiger partial charge in [-0.25, -0.2) is 4.39 Å². The van der Waals surface area contributed by atoms with E-state index in [4.69, 9.17) is 21.6 Å². The zero-order valence-corrected chi connectivity index (χ0v) is 10.4. The zero-order valence-electron chi connectivity index (χ0n) is 9.69. The summed E-state index contributed by atoms with van der Waals surface area (Å²) in [6, 6.07) is 10.4. The lowest BCUT2D eigenvalue weighted by Gasteiger charge is -2.08. The SMILES string of the molecule is Cc1ccc(-c2cc(Cl)c(F)c(B(O)O)c2)cc1. The highest BCUT2D eigenvalue weighted by atomic mass is 35.5.